The molecule has 2 heterocycles. The number of nitriles is 1. The monoisotopic (exact) mass is 441 g/mol. The Balaban J connectivity index is 1.67. The second-order valence-electron chi connectivity index (χ2n) is 7.23. The molecule has 4 rings (SSSR count). The van der Waals surface area contributed by atoms with Crippen LogP contribution in [0, 0.1) is 18.3 Å². The number of phenols is 1. The number of aryl methyl sites for hydroxylation is 1. The van der Waals surface area contributed by atoms with Gasteiger partial charge in [-0.2, -0.15) is 5.26 Å². The molecule has 2 aliphatic heterocycles. The van der Waals surface area contributed by atoms with Gasteiger partial charge in [0.2, 0.25) is 5.91 Å². The number of carbonyl (C=O) groups is 1. The number of methoxy groups -OCH3 is 1. The maximum absolute atomic E-state index is 13.0. The second kappa shape index (κ2) is 8.13. The highest BCUT2D eigenvalue weighted by molar-refractivity contribution is 8.03. The molecule has 1 fully saturated rings. The van der Waals surface area contributed by atoms with Crippen molar-refractivity contribution in [1.29, 1.82) is 5.26 Å². The number of nitrogens with zero attached hydrogens (tertiary/aromatic N) is 3. The number of rotatable bonds is 3. The van der Waals surface area contributed by atoms with Crippen LogP contribution in [-0.4, -0.2) is 35.6 Å². The van der Waals surface area contributed by atoms with Crippen LogP contribution in [0.3, 0.4) is 0 Å². The predicted molar refractivity (Wildman–Crippen MR) is 117 cm³/mol. The molecule has 2 aromatic rings. The van der Waals surface area contributed by atoms with Crippen molar-refractivity contribution in [2.45, 2.75) is 19.3 Å². The predicted octanol–water partition coefficient (Wildman–Crippen LogP) is 4.58. The molecule has 1 N–H and O–H groups in total. The van der Waals surface area contributed by atoms with Crippen LogP contribution in [0.2, 0.25) is 5.02 Å². The summed E-state index contributed by atoms with van der Waals surface area (Å²) >= 11 is 7.75. The molecule has 0 spiro atoms. The van der Waals surface area contributed by atoms with Gasteiger partial charge in [-0.3, -0.25) is 9.69 Å². The standard InChI is InChI=1S/C22H20ClN3O3S/c1-13-3-5-15(8-18(13)23)25-11-26-21(28)9-16(17(10-24)22(26)30-12-25)14-4-6-19(27)20(7-14)29-2/h3-8,16,27H,9,11-12H2,1-2H3. The molecule has 2 aliphatic rings. The van der Waals surface area contributed by atoms with E-state index in [0.29, 0.717) is 33.9 Å². The number of aromatic hydroxyl groups is 1. The van der Waals surface area contributed by atoms with E-state index < -0.39 is 0 Å². The summed E-state index contributed by atoms with van der Waals surface area (Å²) in [7, 11) is 1.47. The Bertz CT molecular complexity index is 1100. The third-order valence-electron chi connectivity index (χ3n) is 5.42. The van der Waals surface area contributed by atoms with Crippen molar-refractivity contribution in [1.82, 2.24) is 4.90 Å². The summed E-state index contributed by atoms with van der Waals surface area (Å²) in [5.41, 5.74) is 3.27. The van der Waals surface area contributed by atoms with E-state index in [1.807, 2.05) is 25.1 Å². The van der Waals surface area contributed by atoms with Crippen LogP contribution in [0.1, 0.15) is 23.5 Å². The van der Waals surface area contributed by atoms with E-state index in [1.165, 1.54) is 24.9 Å². The summed E-state index contributed by atoms with van der Waals surface area (Å²) in [5, 5.41) is 21.2. The van der Waals surface area contributed by atoms with E-state index in [2.05, 4.69) is 11.0 Å². The highest BCUT2D eigenvalue weighted by Crippen LogP contribution is 2.44. The minimum atomic E-state index is -0.365. The molecule has 0 bridgehead atoms. The zero-order valence-electron chi connectivity index (χ0n) is 16.6. The lowest BCUT2D eigenvalue weighted by Gasteiger charge is -2.42. The first-order valence-corrected chi connectivity index (χ1v) is 10.7. The fourth-order valence-corrected chi connectivity index (χ4v) is 5.04. The van der Waals surface area contributed by atoms with E-state index in [4.69, 9.17) is 16.3 Å². The zero-order chi connectivity index (χ0) is 21.4. The van der Waals surface area contributed by atoms with E-state index in [0.717, 1.165) is 16.8 Å². The fraction of sp³-hybridized carbons (Fsp3) is 0.273. The topological polar surface area (TPSA) is 76.8 Å². The van der Waals surface area contributed by atoms with Gasteiger partial charge in [0.1, 0.15) is 0 Å². The molecule has 1 amide bonds. The SMILES string of the molecule is COc1cc(C2CC(=O)N3CN(c4ccc(C)c(Cl)c4)CSC3=C2C#N)ccc1O. The Morgan fingerprint density at radius 3 is 2.80 bits per heavy atom. The average molecular weight is 442 g/mol. The Labute approximate surface area is 184 Å². The van der Waals surface area contributed by atoms with Gasteiger partial charge in [0.15, 0.2) is 11.5 Å². The maximum Gasteiger partial charge on any atom is 0.229 e. The number of carbonyl (C=O) groups excluding carboxylic acids is 1. The van der Waals surface area contributed by atoms with Crippen LogP contribution < -0.4 is 9.64 Å². The lowest BCUT2D eigenvalue weighted by Crippen LogP contribution is -2.47. The summed E-state index contributed by atoms with van der Waals surface area (Å²) in [6, 6.07) is 13.1. The van der Waals surface area contributed by atoms with Gasteiger partial charge < -0.3 is 14.7 Å². The van der Waals surface area contributed by atoms with E-state index >= 15 is 0 Å². The van der Waals surface area contributed by atoms with E-state index in [1.54, 1.807) is 17.0 Å². The van der Waals surface area contributed by atoms with Crippen molar-refractivity contribution >= 4 is 35.0 Å². The molecule has 1 saturated heterocycles. The fourth-order valence-electron chi connectivity index (χ4n) is 3.70. The molecule has 6 nitrogen and oxygen atoms in total. The zero-order valence-corrected chi connectivity index (χ0v) is 18.1. The molecule has 1 atom stereocenters. The highest BCUT2D eigenvalue weighted by atomic mass is 35.5. The summed E-state index contributed by atoms with van der Waals surface area (Å²) in [5.74, 6) is 0.543. The number of anilines is 1. The van der Waals surface area contributed by atoms with Gasteiger partial charge in [-0.15, -0.1) is 0 Å². The molecular weight excluding hydrogens is 422 g/mol. The second-order valence-corrected chi connectivity index (χ2v) is 8.57. The number of benzene rings is 2. The molecule has 0 aliphatic carbocycles. The molecule has 8 heteroatoms. The van der Waals surface area contributed by atoms with Crippen molar-refractivity contribution < 1.29 is 14.6 Å². The van der Waals surface area contributed by atoms with Crippen molar-refractivity contribution in [2.75, 3.05) is 24.6 Å². The summed E-state index contributed by atoms with van der Waals surface area (Å²) in [4.78, 5) is 16.8. The van der Waals surface area contributed by atoms with Crippen LogP contribution in [0.25, 0.3) is 0 Å². The first kappa shape index (κ1) is 20.5. The van der Waals surface area contributed by atoms with E-state index in [-0.39, 0.29) is 24.0 Å². The van der Waals surface area contributed by atoms with Crippen LogP contribution in [0.15, 0.2) is 47.0 Å². The first-order valence-electron chi connectivity index (χ1n) is 9.38. The van der Waals surface area contributed by atoms with Crippen LogP contribution in [-0.2, 0) is 4.79 Å². The van der Waals surface area contributed by atoms with Crippen molar-refractivity contribution in [3.05, 3.63) is 63.1 Å². The molecule has 30 heavy (non-hydrogen) atoms. The van der Waals surface area contributed by atoms with Gasteiger partial charge in [0.05, 0.1) is 36.3 Å². The molecule has 0 aromatic heterocycles. The lowest BCUT2D eigenvalue weighted by atomic mass is 9.86. The maximum atomic E-state index is 13.0. The van der Waals surface area contributed by atoms with Crippen molar-refractivity contribution in [2.24, 2.45) is 0 Å². The number of thioether (sulfide) groups is 1. The quantitative estimate of drug-likeness (QED) is 0.751. The molecule has 2 aromatic carbocycles. The van der Waals surface area contributed by atoms with E-state index in [9.17, 15) is 15.2 Å². The molecule has 0 saturated carbocycles. The number of hydrogen-bond acceptors (Lipinski definition) is 6. The smallest absolute Gasteiger partial charge is 0.229 e. The number of halogens is 1. The number of hydrogen-bond donors (Lipinski definition) is 1. The minimum absolute atomic E-state index is 0.0237. The van der Waals surface area contributed by atoms with Gasteiger partial charge in [0, 0.05) is 23.0 Å². The number of allylic oxidation sites excluding steroid dienone is 1. The number of fused-ring (bicyclic) bond motifs is 1. The molecule has 0 radical (unpaired) electrons. The molecule has 1 unspecified atom stereocenters. The van der Waals surface area contributed by atoms with Gasteiger partial charge >= 0.3 is 0 Å². The van der Waals surface area contributed by atoms with Crippen LogP contribution >= 0.6 is 23.4 Å². The average Bonchev–Trinajstić information content (AvgIpc) is 2.75. The Kier molecular flexibility index (Phi) is 5.54. The molecule has 154 valence electrons. The Morgan fingerprint density at radius 1 is 1.30 bits per heavy atom. The summed E-state index contributed by atoms with van der Waals surface area (Å²) in [6.07, 6.45) is 0.184. The van der Waals surface area contributed by atoms with Gasteiger partial charge in [-0.25, -0.2) is 0 Å². The number of amides is 1. The normalized spacial score (nSPS) is 18.9. The third kappa shape index (κ3) is 3.57. The number of ether oxygens (including phenoxy) is 1. The van der Waals surface area contributed by atoms with Crippen LogP contribution in [0.4, 0.5) is 5.69 Å². The third-order valence-corrected chi connectivity index (χ3v) is 6.98. The summed E-state index contributed by atoms with van der Waals surface area (Å²) in [6.45, 7) is 2.32. The van der Waals surface area contributed by atoms with Crippen molar-refractivity contribution in [3.8, 4) is 17.6 Å². The Morgan fingerprint density at radius 2 is 2.10 bits per heavy atom. The Hall–Kier alpha value is -2.82. The lowest BCUT2D eigenvalue weighted by molar-refractivity contribution is -0.129. The van der Waals surface area contributed by atoms with Gasteiger partial charge in [-0.1, -0.05) is 35.5 Å². The van der Waals surface area contributed by atoms with Crippen LogP contribution in [0.5, 0.6) is 11.5 Å². The first-order chi connectivity index (χ1) is 14.4. The highest BCUT2D eigenvalue weighted by Gasteiger charge is 2.38. The largest absolute Gasteiger partial charge is 0.504 e. The summed E-state index contributed by atoms with van der Waals surface area (Å²) < 4.78 is 5.19. The van der Waals surface area contributed by atoms with Gasteiger partial charge in [-0.05, 0) is 42.3 Å². The van der Waals surface area contributed by atoms with Crippen molar-refractivity contribution in [3.63, 3.8) is 0 Å². The number of phenolic OH excluding ortho intramolecular Hbond substituents is 1. The minimum Gasteiger partial charge on any atom is -0.504 e. The van der Waals surface area contributed by atoms with Gasteiger partial charge in [0.25, 0.3) is 0 Å². The molecular formula is C22H20ClN3O3S.